The summed E-state index contributed by atoms with van der Waals surface area (Å²) in [5.74, 6) is 1.17. The Balaban J connectivity index is 1.88. The molecule has 4 rings (SSSR count). The molecule has 0 unspecified atom stereocenters. The molecule has 0 bridgehead atoms. The Morgan fingerprint density at radius 2 is 2.09 bits per heavy atom. The molecule has 1 aromatic rings. The number of carbonyl (C=O) groups excluding carboxylic acids is 1. The molecule has 1 aromatic carbocycles. The van der Waals surface area contributed by atoms with E-state index in [0.717, 1.165) is 35.4 Å². The molecular formula is C18H16N2O3. The van der Waals surface area contributed by atoms with Crippen molar-refractivity contribution in [3.8, 4) is 17.6 Å². The van der Waals surface area contributed by atoms with Crippen molar-refractivity contribution < 1.29 is 14.3 Å². The first kappa shape index (κ1) is 13.9. The predicted octanol–water partition coefficient (Wildman–Crippen LogP) is 2.91. The third-order valence-corrected chi connectivity index (χ3v) is 4.63. The zero-order valence-electron chi connectivity index (χ0n) is 12.8. The van der Waals surface area contributed by atoms with Crippen molar-refractivity contribution in [2.75, 3.05) is 6.79 Å². The van der Waals surface area contributed by atoms with Crippen LogP contribution in [-0.4, -0.2) is 12.6 Å². The minimum absolute atomic E-state index is 0.127. The van der Waals surface area contributed by atoms with E-state index >= 15 is 0 Å². The Kier molecular flexibility index (Phi) is 3.12. The first-order valence-electron chi connectivity index (χ1n) is 7.72. The van der Waals surface area contributed by atoms with Gasteiger partial charge in [0.1, 0.15) is 0 Å². The van der Waals surface area contributed by atoms with Gasteiger partial charge < -0.3 is 14.8 Å². The van der Waals surface area contributed by atoms with Gasteiger partial charge in [-0.2, -0.15) is 5.26 Å². The zero-order chi connectivity index (χ0) is 16.0. The van der Waals surface area contributed by atoms with Gasteiger partial charge in [0.25, 0.3) is 0 Å². The topological polar surface area (TPSA) is 71.3 Å². The van der Waals surface area contributed by atoms with E-state index in [0.29, 0.717) is 23.5 Å². The van der Waals surface area contributed by atoms with Crippen molar-refractivity contribution in [3.05, 3.63) is 46.3 Å². The number of nitrogens with zero attached hydrogens (tertiary/aromatic N) is 1. The van der Waals surface area contributed by atoms with Gasteiger partial charge >= 0.3 is 0 Å². The van der Waals surface area contributed by atoms with E-state index < -0.39 is 0 Å². The smallest absolute Gasteiger partial charge is 0.231 e. The van der Waals surface area contributed by atoms with Gasteiger partial charge in [0.15, 0.2) is 17.3 Å². The van der Waals surface area contributed by atoms with Gasteiger partial charge in [0.05, 0.1) is 17.6 Å². The summed E-state index contributed by atoms with van der Waals surface area (Å²) in [4.78, 5) is 12.5. The van der Waals surface area contributed by atoms with Gasteiger partial charge in [0.2, 0.25) is 6.79 Å². The fraction of sp³-hybridized carbons (Fsp3) is 0.333. The fourth-order valence-electron chi connectivity index (χ4n) is 3.56. The number of hydrogen-bond acceptors (Lipinski definition) is 5. The second-order valence-electron chi connectivity index (χ2n) is 5.99. The molecule has 0 aromatic heterocycles. The zero-order valence-corrected chi connectivity index (χ0v) is 12.8. The number of Topliss-reactive ketones (excluding diaryl/α,β-unsaturated/α-hetero) is 1. The molecular weight excluding hydrogens is 292 g/mol. The van der Waals surface area contributed by atoms with Crippen molar-refractivity contribution in [2.45, 2.75) is 32.1 Å². The molecule has 1 N–H and O–H groups in total. The Morgan fingerprint density at radius 1 is 1.26 bits per heavy atom. The molecule has 1 aliphatic carbocycles. The molecule has 0 saturated carbocycles. The molecule has 23 heavy (non-hydrogen) atoms. The Bertz CT molecular complexity index is 814. The maximum absolute atomic E-state index is 12.5. The van der Waals surface area contributed by atoms with E-state index in [1.54, 1.807) is 0 Å². The van der Waals surface area contributed by atoms with Crippen LogP contribution < -0.4 is 14.8 Å². The van der Waals surface area contributed by atoms with Crippen LogP contribution in [0.3, 0.4) is 0 Å². The first-order chi connectivity index (χ1) is 11.2. The van der Waals surface area contributed by atoms with E-state index in [4.69, 9.17) is 9.47 Å². The minimum Gasteiger partial charge on any atom is -0.454 e. The number of dihydropyridines is 1. The number of ketones is 1. The number of ether oxygens (including phenoxy) is 2. The summed E-state index contributed by atoms with van der Waals surface area (Å²) in [6.45, 7) is 2.10. The van der Waals surface area contributed by atoms with Crippen LogP contribution >= 0.6 is 0 Å². The van der Waals surface area contributed by atoms with Crippen LogP contribution in [0.4, 0.5) is 0 Å². The molecule has 2 heterocycles. The Morgan fingerprint density at radius 3 is 2.91 bits per heavy atom. The predicted molar refractivity (Wildman–Crippen MR) is 82.6 cm³/mol. The van der Waals surface area contributed by atoms with Crippen molar-refractivity contribution >= 4 is 5.78 Å². The fourth-order valence-corrected chi connectivity index (χ4v) is 3.56. The van der Waals surface area contributed by atoms with Crippen molar-refractivity contribution in [2.24, 2.45) is 0 Å². The Hall–Kier alpha value is -2.74. The first-order valence-corrected chi connectivity index (χ1v) is 7.72. The molecule has 0 fully saturated rings. The van der Waals surface area contributed by atoms with Crippen molar-refractivity contribution in [3.63, 3.8) is 0 Å². The standard InChI is InChI=1S/C18H16N2O3/c1-10-12(8-19)17(18-13(20-10)3-2-4-14(18)21)11-5-6-15-16(7-11)23-9-22-15/h5-7,17,20H,2-4,9H2,1H3/t17-/m1/s1. The van der Waals surface area contributed by atoms with Crippen molar-refractivity contribution in [1.29, 1.82) is 5.26 Å². The van der Waals surface area contributed by atoms with Crippen LogP contribution in [0.1, 0.15) is 37.7 Å². The number of fused-ring (bicyclic) bond motifs is 1. The van der Waals surface area contributed by atoms with Gasteiger partial charge in [-0.1, -0.05) is 6.07 Å². The van der Waals surface area contributed by atoms with Crippen LogP contribution in [-0.2, 0) is 4.79 Å². The summed E-state index contributed by atoms with van der Waals surface area (Å²) in [5, 5.41) is 12.9. The number of benzene rings is 1. The molecule has 5 heteroatoms. The lowest BCUT2D eigenvalue weighted by atomic mass is 9.75. The second-order valence-corrected chi connectivity index (χ2v) is 5.99. The molecule has 0 spiro atoms. The van der Waals surface area contributed by atoms with E-state index in [1.807, 2.05) is 25.1 Å². The Labute approximate surface area is 134 Å². The summed E-state index contributed by atoms with van der Waals surface area (Å²) < 4.78 is 10.8. The second kappa shape index (κ2) is 5.17. The maximum atomic E-state index is 12.5. The summed E-state index contributed by atoms with van der Waals surface area (Å²) in [6, 6.07) is 7.93. The average Bonchev–Trinajstić information content (AvgIpc) is 3.01. The van der Waals surface area contributed by atoms with Crippen LogP contribution in [0.5, 0.6) is 11.5 Å². The largest absolute Gasteiger partial charge is 0.454 e. The molecule has 1 atom stereocenters. The number of carbonyl (C=O) groups is 1. The van der Waals surface area contributed by atoms with Gasteiger partial charge in [0, 0.05) is 23.4 Å². The number of nitrogens with one attached hydrogen (secondary N) is 1. The molecule has 0 amide bonds. The molecule has 5 nitrogen and oxygen atoms in total. The molecule has 0 saturated heterocycles. The number of allylic oxidation sites excluding steroid dienone is 4. The minimum atomic E-state index is -0.321. The van der Waals surface area contributed by atoms with Crippen LogP contribution in [0.2, 0.25) is 0 Å². The maximum Gasteiger partial charge on any atom is 0.231 e. The van der Waals surface area contributed by atoms with E-state index in [-0.39, 0.29) is 18.5 Å². The lowest BCUT2D eigenvalue weighted by molar-refractivity contribution is -0.116. The average molecular weight is 308 g/mol. The number of hydrogen-bond donors (Lipinski definition) is 1. The number of nitriles is 1. The number of rotatable bonds is 1. The summed E-state index contributed by atoms with van der Waals surface area (Å²) in [5.41, 5.74) is 4.01. The van der Waals surface area contributed by atoms with Crippen LogP contribution in [0.25, 0.3) is 0 Å². The summed E-state index contributed by atoms with van der Waals surface area (Å²) in [6.07, 6.45) is 2.24. The molecule has 116 valence electrons. The molecule has 0 radical (unpaired) electrons. The third kappa shape index (κ3) is 2.10. The molecule has 2 aliphatic heterocycles. The highest BCUT2D eigenvalue weighted by Crippen LogP contribution is 2.44. The van der Waals surface area contributed by atoms with Gasteiger partial charge in [-0.3, -0.25) is 4.79 Å². The highest BCUT2D eigenvalue weighted by molar-refractivity contribution is 5.99. The van der Waals surface area contributed by atoms with Crippen LogP contribution in [0, 0.1) is 11.3 Å². The van der Waals surface area contributed by atoms with Gasteiger partial charge in [-0.25, -0.2) is 0 Å². The molecule has 3 aliphatic rings. The van der Waals surface area contributed by atoms with Crippen LogP contribution in [0.15, 0.2) is 40.7 Å². The lowest BCUT2D eigenvalue weighted by Crippen LogP contribution is -2.31. The quantitative estimate of drug-likeness (QED) is 0.863. The lowest BCUT2D eigenvalue weighted by Gasteiger charge is -2.32. The normalized spacial score (nSPS) is 22.6. The van der Waals surface area contributed by atoms with Gasteiger partial charge in [-0.15, -0.1) is 0 Å². The highest BCUT2D eigenvalue weighted by Gasteiger charge is 2.36. The van der Waals surface area contributed by atoms with E-state index in [2.05, 4.69) is 11.4 Å². The van der Waals surface area contributed by atoms with E-state index in [9.17, 15) is 10.1 Å². The van der Waals surface area contributed by atoms with E-state index in [1.165, 1.54) is 0 Å². The van der Waals surface area contributed by atoms with Crippen molar-refractivity contribution in [1.82, 2.24) is 5.32 Å². The monoisotopic (exact) mass is 308 g/mol. The highest BCUT2D eigenvalue weighted by atomic mass is 16.7. The van der Waals surface area contributed by atoms with Gasteiger partial charge in [-0.05, 0) is 37.5 Å². The summed E-state index contributed by atoms with van der Waals surface area (Å²) >= 11 is 0. The SMILES string of the molecule is CC1=C(C#N)[C@@H](c2ccc3c(c2)OCO3)C2=C(CCCC2=O)N1. The third-order valence-electron chi connectivity index (χ3n) is 4.63. The summed E-state index contributed by atoms with van der Waals surface area (Å²) in [7, 11) is 0.